The second-order valence-corrected chi connectivity index (χ2v) is 31.4. The van der Waals surface area contributed by atoms with Crippen LogP contribution in [0.15, 0.2) is 222 Å². The fourth-order valence-corrected chi connectivity index (χ4v) is 15.6. The lowest BCUT2D eigenvalue weighted by molar-refractivity contribution is 0.849. The molecule has 0 aliphatic rings. The average molecular weight is 1660 g/mol. The van der Waals surface area contributed by atoms with Crippen molar-refractivity contribution < 1.29 is 0 Å². The van der Waals surface area contributed by atoms with Gasteiger partial charge in [-0.05, 0) is 208 Å². The molecule has 0 saturated heterocycles. The fourth-order valence-electron chi connectivity index (χ4n) is 15.3. The number of hydrazine groups is 1. The summed E-state index contributed by atoms with van der Waals surface area (Å²) < 4.78 is 10.9. The summed E-state index contributed by atoms with van der Waals surface area (Å²) in [7, 11) is 0. The Bertz CT molecular complexity index is 6330. The second kappa shape index (κ2) is 38.4. The van der Waals surface area contributed by atoms with Gasteiger partial charge < -0.3 is 11.2 Å². The van der Waals surface area contributed by atoms with Crippen LogP contribution >= 0.6 is 15.9 Å². The van der Waals surface area contributed by atoms with E-state index >= 15 is 0 Å². The van der Waals surface area contributed by atoms with Gasteiger partial charge in [-0.3, -0.25) is 5.84 Å². The van der Waals surface area contributed by atoms with E-state index in [1.165, 1.54) is 50.1 Å². The molecule has 120 heavy (non-hydrogen) atoms. The van der Waals surface area contributed by atoms with Crippen LogP contribution in [0.1, 0.15) is 187 Å². The highest BCUT2D eigenvalue weighted by Crippen LogP contribution is 2.30. The molecule has 0 atom stereocenters. The zero-order chi connectivity index (χ0) is 84.8. The zero-order valence-electron chi connectivity index (χ0n) is 71.4. The first-order valence-electron chi connectivity index (χ1n) is 41.1. The molecule has 22 heteroatoms. The van der Waals surface area contributed by atoms with Gasteiger partial charge in [0, 0.05) is 156 Å². The molecule has 0 bridgehead atoms. The summed E-state index contributed by atoms with van der Waals surface area (Å²) in [4.78, 5) is 31.8. The van der Waals surface area contributed by atoms with Crippen molar-refractivity contribution in [3.05, 3.63) is 374 Å². The van der Waals surface area contributed by atoms with E-state index in [1.807, 2.05) is 112 Å². The van der Waals surface area contributed by atoms with Gasteiger partial charge in [-0.25, -0.2) is 52.5 Å². The number of fused-ring (bicyclic) bond motifs is 5. The van der Waals surface area contributed by atoms with E-state index in [2.05, 4.69) is 246 Å². The highest BCUT2D eigenvalue weighted by Gasteiger charge is 2.22. The number of diazo groups is 1. The van der Waals surface area contributed by atoms with Crippen LogP contribution in [-0.4, -0.2) is 78.7 Å². The number of nitrogens with two attached hydrogens (primary N) is 2. The Balaban J connectivity index is 0.000000132. The first-order chi connectivity index (χ1) is 58.0. The van der Waals surface area contributed by atoms with E-state index in [4.69, 9.17) is 67.4 Å². The van der Waals surface area contributed by atoms with E-state index in [1.54, 1.807) is 12.1 Å². The van der Waals surface area contributed by atoms with Crippen molar-refractivity contribution in [3.63, 3.8) is 0 Å². The van der Waals surface area contributed by atoms with Gasteiger partial charge in [0.25, 0.3) is 0 Å². The van der Waals surface area contributed by atoms with Crippen LogP contribution in [0, 0.1) is 74.6 Å². The SMILES string of the molecule is CCc1nn2c(C)cc(C)nc2c1Cc1ccc(Br)cc1.CCc1nn2c(C)cc(C)nc2c1Cc1ccc(N)cc1.CCc1nn2c(C)cc(C)nc2c1Cc1ccc(N=C(c2ccccc2)c2ccccc2)cc1.CCc1nn2c(C)cc(C)nc2c1Cc1ccc(NN)cc1.CCc1nn2c(C)cc(C)nc2c1Cc1ccc([N+]#N)cc1. The third-order valence-electron chi connectivity index (χ3n) is 21.3. The number of rotatable bonds is 19. The Morgan fingerprint density at radius 2 is 0.617 bits per heavy atom. The lowest BCUT2D eigenvalue weighted by atomic mass is 10.0. The first kappa shape index (κ1) is 84.7. The standard InChI is InChI=1S/C30H28N4.C17H18BrN3.C17H21N5.C17H18N5.C17H20N4/c1-4-28-27(30-31-21(2)19-22(3)34(30)33-28)20-23-15-17-26(18-16-23)32-29(24-11-7-5-8-12-24)25-13-9-6-10-14-25;1-4-16-15(10-13-5-7-14(18)8-6-13)17-19-11(2)9-12(3)21(17)20-16;2*1-4-16-15(10-13-5-7-14(20-18)8-6-13)17-19-11(2)9-12(3)22(17)21-16;1-4-16-15(10-13-5-7-14(18)8-6-13)17-19-11(2)9-12(3)21(17)20-16/h5-19H,4,20H2,1-3H3;5-9H,4,10H2,1-3H3;5-9,20H,4,10,18H2,1-3H3;5-9H,4,10H2,1-3H3;5-9H,4,10,18H2,1-3H3/q;;;+1;. The van der Waals surface area contributed by atoms with Crippen molar-refractivity contribution in [3.8, 4) is 0 Å². The van der Waals surface area contributed by atoms with Crippen molar-refractivity contribution in [2.75, 3.05) is 11.2 Å². The number of nitrogens with zero attached hydrogens (tertiary/aromatic N) is 18. The van der Waals surface area contributed by atoms with Gasteiger partial charge in [-0.15, -0.1) is 0 Å². The minimum atomic E-state index is 0.559. The molecule has 0 aliphatic carbocycles. The maximum Gasteiger partial charge on any atom is 0.385 e. The molecule has 10 heterocycles. The van der Waals surface area contributed by atoms with Gasteiger partial charge in [0.2, 0.25) is 5.39 Å². The number of halogens is 1. The topological polar surface area (TPSA) is 256 Å². The molecule has 7 aromatic carbocycles. The van der Waals surface area contributed by atoms with Crippen LogP contribution in [0.2, 0.25) is 0 Å². The molecule has 10 aromatic heterocycles. The number of hydrogen-bond donors (Lipinski definition) is 3. The molecule has 5 N–H and O–H groups in total. The van der Waals surface area contributed by atoms with Gasteiger partial charge in [0.15, 0.2) is 33.2 Å². The summed E-state index contributed by atoms with van der Waals surface area (Å²) in [5, 5.41) is 32.5. The van der Waals surface area contributed by atoms with Crippen LogP contribution in [-0.2, 0) is 64.2 Å². The average Bonchev–Trinajstić information content (AvgIpc) is 1.66. The molecule has 0 spiro atoms. The minimum absolute atomic E-state index is 0.559. The summed E-state index contributed by atoms with van der Waals surface area (Å²) in [5.41, 5.74) is 48.0. The highest BCUT2D eigenvalue weighted by molar-refractivity contribution is 9.10. The van der Waals surface area contributed by atoms with Gasteiger partial charge in [-0.1, -0.05) is 172 Å². The number of nitrogen functional groups attached to an aromatic ring is 2. The number of aryl methyl sites for hydroxylation is 15. The van der Waals surface area contributed by atoms with Crippen molar-refractivity contribution in [2.24, 2.45) is 10.8 Å². The molecule has 0 unspecified atom stereocenters. The predicted molar refractivity (Wildman–Crippen MR) is 488 cm³/mol. The van der Waals surface area contributed by atoms with Crippen LogP contribution < -0.4 is 17.0 Å². The highest BCUT2D eigenvalue weighted by atomic mass is 79.9. The van der Waals surface area contributed by atoms with Gasteiger partial charge in [-0.2, -0.15) is 25.5 Å². The number of aromatic nitrogens is 15. The maximum absolute atomic E-state index is 8.77. The fraction of sp³-hybridized carbons (Fsp3) is 0.255. The Kier molecular flexibility index (Phi) is 27.1. The van der Waals surface area contributed by atoms with E-state index in [9.17, 15) is 0 Å². The number of benzene rings is 7. The van der Waals surface area contributed by atoms with Crippen molar-refractivity contribution >= 4 is 72.6 Å². The second-order valence-electron chi connectivity index (χ2n) is 30.5. The Morgan fingerprint density at radius 1 is 0.358 bits per heavy atom. The van der Waals surface area contributed by atoms with Crippen LogP contribution in [0.4, 0.5) is 22.7 Å². The number of anilines is 2. The summed E-state index contributed by atoms with van der Waals surface area (Å²) in [6.45, 7) is 31.2. The normalized spacial score (nSPS) is 11.1. The Morgan fingerprint density at radius 3 is 0.883 bits per heavy atom. The third-order valence-corrected chi connectivity index (χ3v) is 21.8. The van der Waals surface area contributed by atoms with Crippen LogP contribution in [0.5, 0.6) is 0 Å². The maximum atomic E-state index is 8.77. The van der Waals surface area contributed by atoms with Crippen molar-refractivity contribution in [1.29, 1.82) is 5.39 Å². The molecule has 0 fully saturated rings. The van der Waals surface area contributed by atoms with Crippen molar-refractivity contribution in [1.82, 2.24) is 73.0 Å². The summed E-state index contributed by atoms with van der Waals surface area (Å²) in [6, 6.07) is 71.7. The van der Waals surface area contributed by atoms with Crippen LogP contribution in [0.25, 0.3) is 33.2 Å². The Hall–Kier alpha value is -13.2. The number of aliphatic imine (C=N–C) groups is 1. The largest absolute Gasteiger partial charge is 0.399 e. The molecule has 608 valence electrons. The zero-order valence-corrected chi connectivity index (χ0v) is 72.9. The molecule has 21 nitrogen and oxygen atoms in total. The van der Waals surface area contributed by atoms with Gasteiger partial charge >= 0.3 is 5.69 Å². The molecule has 17 aromatic rings. The van der Waals surface area contributed by atoms with Gasteiger partial charge in [0.05, 0.1) is 39.9 Å². The Labute approximate surface area is 710 Å². The predicted octanol–water partition coefficient (Wildman–Crippen LogP) is 20.8. The van der Waals surface area contributed by atoms with E-state index in [-0.39, 0.29) is 0 Å². The lowest BCUT2D eigenvalue weighted by Gasteiger charge is -2.08. The third kappa shape index (κ3) is 19.8. The van der Waals surface area contributed by atoms with Crippen LogP contribution in [0.3, 0.4) is 0 Å². The molecule has 0 saturated carbocycles. The first-order valence-corrected chi connectivity index (χ1v) is 41.9. The molecule has 0 aliphatic heterocycles. The summed E-state index contributed by atoms with van der Waals surface area (Å²) >= 11 is 3.48. The minimum Gasteiger partial charge on any atom is -0.399 e. The van der Waals surface area contributed by atoms with E-state index in [0.717, 1.165) is 222 Å². The molecular weight excluding hydrogens is 1550 g/mol. The summed E-state index contributed by atoms with van der Waals surface area (Å²) in [5.74, 6) is 5.42. The molecule has 0 amide bonds. The number of hydrogen-bond acceptors (Lipinski definition) is 15. The quantitative estimate of drug-likeness (QED) is 0.0224. The van der Waals surface area contributed by atoms with E-state index in [0.29, 0.717) is 5.69 Å². The molecular formula is C98H105BrN21+. The summed E-state index contributed by atoms with van der Waals surface area (Å²) in [6.07, 6.45) is 8.61. The number of nitrogens with one attached hydrogen (secondary N) is 1. The van der Waals surface area contributed by atoms with Gasteiger partial charge in [0.1, 0.15) is 0 Å². The smallest absolute Gasteiger partial charge is 0.385 e. The molecule has 0 radical (unpaired) electrons. The van der Waals surface area contributed by atoms with E-state index < -0.39 is 0 Å². The lowest BCUT2D eigenvalue weighted by Crippen LogP contribution is -2.06. The monoisotopic (exact) mass is 1650 g/mol. The molecule has 17 rings (SSSR count). The van der Waals surface area contributed by atoms with Crippen molar-refractivity contribution in [2.45, 2.75) is 168 Å².